The zero-order chi connectivity index (χ0) is 40.2. The summed E-state index contributed by atoms with van der Waals surface area (Å²) in [5.41, 5.74) is 7.62. The summed E-state index contributed by atoms with van der Waals surface area (Å²) >= 11 is -0.106. The average molecular weight is 920 g/mol. The fourth-order valence-electron chi connectivity index (χ4n) is 8.26. The molecule has 59 heavy (non-hydrogen) atoms. The van der Waals surface area contributed by atoms with E-state index in [0.717, 1.165) is 91.9 Å². The van der Waals surface area contributed by atoms with Gasteiger partial charge in [0.25, 0.3) is 0 Å². The molecule has 6 aromatic rings. The van der Waals surface area contributed by atoms with Crippen molar-refractivity contribution >= 4 is 63.4 Å². The topological polar surface area (TPSA) is 37.9 Å². The number of hydrogen-bond donors (Lipinski definition) is 0. The molecule has 0 N–H and O–H groups in total. The summed E-state index contributed by atoms with van der Waals surface area (Å²) in [6, 6.07) is 47.6. The number of rotatable bonds is 10. The van der Waals surface area contributed by atoms with Gasteiger partial charge in [0.1, 0.15) is 0 Å². The first-order valence-corrected chi connectivity index (χ1v) is 24.4. The number of halogens is 2. The minimum atomic E-state index is -0.106. The van der Waals surface area contributed by atoms with Crippen LogP contribution in [-0.2, 0) is 38.5 Å². The van der Waals surface area contributed by atoms with Crippen LogP contribution >= 0.6 is 19.1 Å². The van der Waals surface area contributed by atoms with E-state index >= 15 is 0 Å². The normalized spacial score (nSPS) is 16.8. The van der Waals surface area contributed by atoms with Crippen molar-refractivity contribution in [3.05, 3.63) is 158 Å². The van der Waals surface area contributed by atoms with Gasteiger partial charge in [-0.15, -0.1) is 0 Å². The van der Waals surface area contributed by atoms with Gasteiger partial charge in [-0.1, -0.05) is 109 Å². The summed E-state index contributed by atoms with van der Waals surface area (Å²) in [4.78, 5) is 14.0. The summed E-state index contributed by atoms with van der Waals surface area (Å²) in [7, 11) is 9.63. The Kier molecular flexibility index (Phi) is 14.9. The van der Waals surface area contributed by atoms with Crippen molar-refractivity contribution in [3.8, 4) is 0 Å². The molecule has 4 heterocycles. The van der Waals surface area contributed by atoms with Crippen molar-refractivity contribution in [1.82, 2.24) is 9.80 Å². The van der Waals surface area contributed by atoms with E-state index in [2.05, 4.69) is 176 Å². The third-order valence-corrected chi connectivity index (χ3v) is 11.3. The molecule has 2 saturated heterocycles. The predicted molar refractivity (Wildman–Crippen MR) is 241 cm³/mol. The Morgan fingerprint density at radius 1 is 0.424 bits per heavy atom. The molecule has 0 atom stereocenters. The Morgan fingerprint density at radius 3 is 1.17 bits per heavy atom. The molecule has 4 aliphatic heterocycles. The molecule has 6 aromatic carbocycles. The molecule has 0 amide bonds. The third-order valence-electron chi connectivity index (χ3n) is 11.3. The Bertz CT molecular complexity index is 2090. The first kappa shape index (κ1) is 41.8. The molecule has 0 aliphatic carbocycles. The summed E-state index contributed by atoms with van der Waals surface area (Å²) in [5, 5.41) is 5.21. The van der Waals surface area contributed by atoms with Gasteiger partial charge in [-0.05, 0) is 56.9 Å². The minimum absolute atomic E-state index is 0.106. The van der Waals surface area contributed by atoms with Crippen LogP contribution in [0.25, 0.3) is 21.5 Å². The second-order valence-corrected chi connectivity index (χ2v) is 17.2. The first-order chi connectivity index (χ1) is 29.2. The van der Waals surface area contributed by atoms with E-state index in [-0.39, 0.29) is 15.9 Å². The van der Waals surface area contributed by atoms with E-state index in [0.29, 0.717) is 0 Å². The Balaban J connectivity index is 0.000000154. The molecule has 2 fully saturated rings. The van der Waals surface area contributed by atoms with E-state index < -0.39 is 0 Å². The molecule has 4 aliphatic rings. The molecule has 4 radical (unpaired) electrons. The molecular formula is C48H50Cl2N6O2Pd. The van der Waals surface area contributed by atoms with E-state index in [1.165, 1.54) is 55.4 Å². The number of fused-ring (bicyclic) bond motifs is 4. The molecule has 11 heteroatoms. The first-order valence-electron chi connectivity index (χ1n) is 20.3. The van der Waals surface area contributed by atoms with Gasteiger partial charge >= 0.3 is 35.0 Å². The number of anilines is 4. The zero-order valence-corrected chi connectivity index (χ0v) is 36.2. The van der Waals surface area contributed by atoms with Crippen LogP contribution in [0.1, 0.15) is 11.1 Å². The van der Waals surface area contributed by atoms with Gasteiger partial charge in [0.05, 0.1) is 49.2 Å². The van der Waals surface area contributed by atoms with Crippen molar-refractivity contribution in [1.29, 1.82) is 0 Å². The van der Waals surface area contributed by atoms with Gasteiger partial charge in [0.2, 0.25) is 13.3 Å². The molecule has 0 saturated carbocycles. The van der Waals surface area contributed by atoms with E-state index in [9.17, 15) is 0 Å². The van der Waals surface area contributed by atoms with Crippen molar-refractivity contribution in [2.45, 2.75) is 13.1 Å². The molecule has 8 nitrogen and oxygen atoms in total. The Morgan fingerprint density at radius 2 is 0.763 bits per heavy atom. The van der Waals surface area contributed by atoms with Crippen LogP contribution in [0.4, 0.5) is 22.7 Å². The second-order valence-electron chi connectivity index (χ2n) is 14.9. The van der Waals surface area contributed by atoms with Gasteiger partial charge in [-0.3, -0.25) is 9.80 Å². The standard InChI is InChI=1S/2C24H25N3O.2ClH.Pd/c2*1-2-9-22-20(6-1)7-5-8-21(22)18-27-19-26(23-10-3-4-11-24(23)27)13-12-25-14-16-28-17-15-25;;;/h2*1-11H,12-18H2;2*1H;/q;;;;+2/p-2. The van der Waals surface area contributed by atoms with Crippen LogP contribution in [0.2, 0.25) is 0 Å². The van der Waals surface area contributed by atoms with Gasteiger partial charge in [0.15, 0.2) is 0 Å². The molecule has 0 aromatic heterocycles. The van der Waals surface area contributed by atoms with E-state index in [4.69, 9.17) is 28.5 Å². The van der Waals surface area contributed by atoms with Gasteiger partial charge in [-0.25, -0.2) is 0 Å². The maximum atomic E-state index is 5.47. The molecule has 308 valence electrons. The molecule has 0 bridgehead atoms. The molecular weight excluding hydrogens is 870 g/mol. The van der Waals surface area contributed by atoms with Crippen molar-refractivity contribution < 1.29 is 25.4 Å². The van der Waals surface area contributed by atoms with Gasteiger partial charge in [0, 0.05) is 65.4 Å². The number of morpholine rings is 2. The third kappa shape index (κ3) is 10.5. The van der Waals surface area contributed by atoms with E-state index in [1.54, 1.807) is 0 Å². The SMILES string of the molecule is [C]1N(CCN2CCOCC2)c2ccccc2N1Cc1cccc2ccccc12.[C]1N(CCN2CCOCC2)c2ccccc2N1Cc1cccc2ccccc12.[Cl][Pd][Cl]. The predicted octanol–water partition coefficient (Wildman–Crippen LogP) is 9.37. The summed E-state index contributed by atoms with van der Waals surface area (Å²) < 4.78 is 10.9. The van der Waals surface area contributed by atoms with Gasteiger partial charge in [-0.2, -0.15) is 0 Å². The van der Waals surface area contributed by atoms with Crippen LogP contribution < -0.4 is 19.6 Å². The molecule has 10 rings (SSSR count). The Labute approximate surface area is 365 Å². The van der Waals surface area contributed by atoms with Gasteiger partial charge < -0.3 is 29.1 Å². The fourth-order valence-corrected chi connectivity index (χ4v) is 8.26. The molecule has 0 spiro atoms. The van der Waals surface area contributed by atoms with E-state index in [1.807, 2.05) is 0 Å². The van der Waals surface area contributed by atoms with Crippen LogP contribution in [-0.4, -0.2) is 88.6 Å². The molecule has 0 unspecified atom stereocenters. The fraction of sp³-hybridized carbons (Fsp3) is 0.292. The number of ether oxygens (including phenoxy) is 2. The number of para-hydroxylation sites is 4. The Hall–Kier alpha value is -3.88. The number of nitrogens with zero attached hydrogens (tertiary/aromatic N) is 6. The quantitative estimate of drug-likeness (QED) is 0.126. The van der Waals surface area contributed by atoms with Crippen LogP contribution in [0.5, 0.6) is 0 Å². The van der Waals surface area contributed by atoms with Crippen molar-refractivity contribution in [3.63, 3.8) is 0 Å². The number of benzene rings is 6. The number of hydrogen-bond acceptors (Lipinski definition) is 8. The summed E-state index contributed by atoms with van der Waals surface area (Å²) in [6.45, 7) is 20.3. The average Bonchev–Trinajstić information content (AvgIpc) is 3.83. The van der Waals surface area contributed by atoms with Crippen molar-refractivity contribution in [2.75, 3.05) is 98.4 Å². The summed E-state index contributed by atoms with van der Waals surface area (Å²) in [5.74, 6) is 0. The monoisotopic (exact) mass is 918 g/mol. The van der Waals surface area contributed by atoms with Crippen molar-refractivity contribution in [2.24, 2.45) is 0 Å². The second kappa shape index (κ2) is 21.1. The van der Waals surface area contributed by atoms with Crippen LogP contribution in [0.15, 0.2) is 133 Å². The summed E-state index contributed by atoms with van der Waals surface area (Å²) in [6.07, 6.45) is 0. The van der Waals surface area contributed by atoms with Crippen LogP contribution in [0, 0.1) is 13.3 Å². The maximum absolute atomic E-state index is 5.47. The van der Waals surface area contributed by atoms with Crippen LogP contribution in [0.3, 0.4) is 0 Å². The zero-order valence-electron chi connectivity index (χ0n) is 33.2.